The summed E-state index contributed by atoms with van der Waals surface area (Å²) < 4.78 is 13.0. The fourth-order valence-corrected chi connectivity index (χ4v) is 3.41. The van der Waals surface area contributed by atoms with Gasteiger partial charge in [0.25, 0.3) is 0 Å². The van der Waals surface area contributed by atoms with E-state index in [0.29, 0.717) is 5.56 Å². The fraction of sp³-hybridized carbons (Fsp3) is 0.0909. The maximum Gasteiger partial charge on any atom is 0.164 e. The molecule has 0 amide bonds. The van der Waals surface area contributed by atoms with Gasteiger partial charge in [0.15, 0.2) is 17.3 Å². The molecule has 0 atom stereocenters. The van der Waals surface area contributed by atoms with E-state index in [1.165, 1.54) is 29.8 Å². The number of halogens is 1. The Morgan fingerprint density at radius 3 is 2.67 bits per heavy atom. The minimum absolute atomic E-state index is 0.0601. The van der Waals surface area contributed by atoms with Crippen molar-refractivity contribution in [3.63, 3.8) is 0 Å². The minimum Gasteiger partial charge on any atom is -0.505 e. The van der Waals surface area contributed by atoms with Gasteiger partial charge in [-0.05, 0) is 59.2 Å². The van der Waals surface area contributed by atoms with Crippen LogP contribution in [0.15, 0.2) is 78.0 Å². The topological polar surface area (TPSA) is 50.2 Å². The van der Waals surface area contributed by atoms with Crippen LogP contribution in [-0.2, 0) is 17.0 Å². The third kappa shape index (κ3) is 5.79. The molecule has 27 heavy (non-hydrogen) atoms. The first-order valence-corrected chi connectivity index (χ1v) is 9.39. The van der Waals surface area contributed by atoms with Gasteiger partial charge in [0.1, 0.15) is 0 Å². The number of allylic oxidation sites excluding steroid dienone is 1. The van der Waals surface area contributed by atoms with Crippen molar-refractivity contribution in [2.75, 3.05) is 0 Å². The molecule has 0 aliphatic heterocycles. The van der Waals surface area contributed by atoms with E-state index in [1.807, 2.05) is 36.4 Å². The molecule has 136 valence electrons. The Labute approximate surface area is 161 Å². The Morgan fingerprint density at radius 2 is 1.89 bits per heavy atom. The van der Waals surface area contributed by atoms with Crippen molar-refractivity contribution in [2.45, 2.75) is 17.1 Å². The molecule has 0 bridgehead atoms. The van der Waals surface area contributed by atoms with Gasteiger partial charge in [-0.25, -0.2) is 4.39 Å². The third-order valence-electron chi connectivity index (χ3n) is 3.86. The molecule has 5 heteroatoms. The van der Waals surface area contributed by atoms with E-state index in [-0.39, 0.29) is 12.2 Å². The van der Waals surface area contributed by atoms with Crippen LogP contribution in [0.5, 0.6) is 5.75 Å². The summed E-state index contributed by atoms with van der Waals surface area (Å²) in [5.41, 5.74) is 2.71. The van der Waals surface area contributed by atoms with Crippen molar-refractivity contribution >= 4 is 23.6 Å². The molecule has 0 saturated carbocycles. The summed E-state index contributed by atoms with van der Waals surface area (Å²) >= 11 is 1.71. The van der Waals surface area contributed by atoms with Gasteiger partial charge < -0.3 is 5.11 Å². The van der Waals surface area contributed by atoms with E-state index in [9.17, 15) is 14.3 Å². The Balaban J connectivity index is 1.59. The largest absolute Gasteiger partial charge is 0.505 e. The second-order valence-corrected chi connectivity index (χ2v) is 7.03. The smallest absolute Gasteiger partial charge is 0.164 e. The van der Waals surface area contributed by atoms with E-state index in [2.05, 4.69) is 4.98 Å². The Hall–Kier alpha value is -2.92. The summed E-state index contributed by atoms with van der Waals surface area (Å²) in [6, 6.07) is 15.8. The molecule has 0 fully saturated rings. The summed E-state index contributed by atoms with van der Waals surface area (Å²) in [4.78, 5) is 17.3. The van der Waals surface area contributed by atoms with Gasteiger partial charge in [-0.2, -0.15) is 0 Å². The molecule has 0 aliphatic carbocycles. The normalized spacial score (nSPS) is 11.0. The minimum atomic E-state index is -0.681. The van der Waals surface area contributed by atoms with Gasteiger partial charge in [0.2, 0.25) is 0 Å². The maximum atomic E-state index is 13.0. The number of carbonyl (C=O) groups excluding carboxylic acids is 1. The van der Waals surface area contributed by atoms with Gasteiger partial charge in [-0.3, -0.25) is 9.78 Å². The molecular weight excluding hydrogens is 361 g/mol. The number of benzene rings is 2. The van der Waals surface area contributed by atoms with Crippen LogP contribution >= 0.6 is 11.8 Å². The van der Waals surface area contributed by atoms with Crippen molar-refractivity contribution in [3.05, 3.63) is 95.6 Å². The molecule has 3 nitrogen and oxygen atoms in total. The number of thioether (sulfide) groups is 1. The van der Waals surface area contributed by atoms with Crippen molar-refractivity contribution in [1.29, 1.82) is 0 Å². The lowest BCUT2D eigenvalue weighted by atomic mass is 10.1. The number of carbonyl (C=O) groups is 1. The van der Waals surface area contributed by atoms with E-state index >= 15 is 0 Å². The zero-order valence-corrected chi connectivity index (χ0v) is 15.3. The van der Waals surface area contributed by atoms with E-state index in [4.69, 9.17) is 0 Å². The molecular formula is C22H18FNO2S. The molecule has 2 aromatic carbocycles. The highest BCUT2D eigenvalue weighted by atomic mass is 32.2. The molecule has 1 N–H and O–H groups in total. The number of phenols is 1. The van der Waals surface area contributed by atoms with Crippen molar-refractivity contribution < 1.29 is 14.3 Å². The molecule has 3 rings (SSSR count). The van der Waals surface area contributed by atoms with Crippen LogP contribution in [0.4, 0.5) is 4.39 Å². The molecule has 1 heterocycles. The van der Waals surface area contributed by atoms with Crippen LogP contribution < -0.4 is 0 Å². The lowest BCUT2D eigenvalue weighted by Gasteiger charge is -2.04. The monoisotopic (exact) mass is 379 g/mol. The summed E-state index contributed by atoms with van der Waals surface area (Å²) in [5.74, 6) is -0.327. The number of ketones is 1. The maximum absolute atomic E-state index is 13.0. The summed E-state index contributed by atoms with van der Waals surface area (Å²) in [5, 5.41) is 9.36. The van der Waals surface area contributed by atoms with Crippen LogP contribution in [0, 0.1) is 5.82 Å². The lowest BCUT2D eigenvalue weighted by molar-refractivity contribution is -0.113. The first-order chi connectivity index (χ1) is 13.1. The number of hydrogen-bond donors (Lipinski definition) is 1. The number of pyridine rings is 1. The third-order valence-corrected chi connectivity index (χ3v) is 4.93. The molecule has 0 aliphatic rings. The molecule has 0 spiro atoms. The molecule has 0 unspecified atom stereocenters. The van der Waals surface area contributed by atoms with Crippen molar-refractivity contribution in [3.8, 4) is 5.75 Å². The van der Waals surface area contributed by atoms with Crippen molar-refractivity contribution in [1.82, 2.24) is 4.98 Å². The second kappa shape index (κ2) is 9.14. The number of hydrogen-bond acceptors (Lipinski definition) is 4. The Morgan fingerprint density at radius 1 is 1.07 bits per heavy atom. The highest BCUT2D eigenvalue weighted by molar-refractivity contribution is 7.98. The van der Waals surface area contributed by atoms with Crippen LogP contribution in [0.2, 0.25) is 0 Å². The highest BCUT2D eigenvalue weighted by Gasteiger charge is 2.04. The van der Waals surface area contributed by atoms with Crippen molar-refractivity contribution in [2.24, 2.45) is 0 Å². The number of phenolic OH excluding ortho intramolecular Hbond substituents is 1. The molecule has 3 aromatic rings. The van der Waals surface area contributed by atoms with E-state index < -0.39 is 11.6 Å². The second-order valence-electron chi connectivity index (χ2n) is 5.98. The standard InChI is InChI=1S/C22H18FNO2S/c23-21-7-5-16(14-22(21)26)4-6-19(25)12-18-2-1-3-20(13-18)27-15-17-8-10-24-11-9-17/h1-11,13-14,26H,12,15H2/b6-4+. The first-order valence-electron chi connectivity index (χ1n) is 8.40. The Kier molecular flexibility index (Phi) is 6.39. The highest BCUT2D eigenvalue weighted by Crippen LogP contribution is 2.24. The van der Waals surface area contributed by atoms with Gasteiger partial charge in [0, 0.05) is 29.5 Å². The summed E-state index contributed by atoms with van der Waals surface area (Å²) in [6.45, 7) is 0. The molecule has 1 aromatic heterocycles. The number of rotatable bonds is 7. The van der Waals surface area contributed by atoms with Crippen LogP contribution in [0.1, 0.15) is 16.7 Å². The average molecular weight is 379 g/mol. The van der Waals surface area contributed by atoms with Gasteiger partial charge in [0.05, 0.1) is 0 Å². The van der Waals surface area contributed by atoms with Crippen LogP contribution in [0.25, 0.3) is 6.08 Å². The molecule has 0 radical (unpaired) electrons. The Bertz CT molecular complexity index is 958. The fourth-order valence-electron chi connectivity index (χ4n) is 2.47. The number of aromatic nitrogens is 1. The van der Waals surface area contributed by atoms with Gasteiger partial charge in [-0.1, -0.05) is 24.3 Å². The first kappa shape index (κ1) is 18.9. The molecule has 0 saturated heterocycles. The van der Waals surface area contributed by atoms with E-state index in [0.717, 1.165) is 16.2 Å². The predicted octanol–water partition coefficient (Wildman–Crippen LogP) is 5.04. The average Bonchev–Trinajstić information content (AvgIpc) is 2.68. The quantitative estimate of drug-likeness (QED) is 0.461. The number of nitrogens with zero attached hydrogens (tertiary/aromatic N) is 1. The lowest BCUT2D eigenvalue weighted by Crippen LogP contribution is -1.98. The predicted molar refractivity (Wildman–Crippen MR) is 106 cm³/mol. The van der Waals surface area contributed by atoms with Crippen LogP contribution in [-0.4, -0.2) is 15.9 Å². The number of aromatic hydroxyl groups is 1. The van der Waals surface area contributed by atoms with Gasteiger partial charge in [-0.15, -0.1) is 11.8 Å². The van der Waals surface area contributed by atoms with E-state index in [1.54, 1.807) is 30.2 Å². The van der Waals surface area contributed by atoms with Crippen LogP contribution in [0.3, 0.4) is 0 Å². The summed E-state index contributed by atoms with van der Waals surface area (Å²) in [6.07, 6.45) is 6.86. The van der Waals surface area contributed by atoms with Gasteiger partial charge >= 0.3 is 0 Å². The zero-order valence-electron chi connectivity index (χ0n) is 14.5. The SMILES string of the molecule is O=C(/C=C/c1ccc(F)c(O)c1)Cc1cccc(SCc2ccncc2)c1. The zero-order chi connectivity index (χ0) is 19.1. The summed E-state index contributed by atoms with van der Waals surface area (Å²) in [7, 11) is 0.